The van der Waals surface area contributed by atoms with Gasteiger partial charge in [0.05, 0.1) is 23.9 Å². The predicted octanol–water partition coefficient (Wildman–Crippen LogP) is 3.73. The molecule has 0 unspecified atom stereocenters. The fourth-order valence-corrected chi connectivity index (χ4v) is 3.03. The Bertz CT molecular complexity index is 534. The van der Waals surface area contributed by atoms with Crippen LogP contribution < -0.4 is 10.1 Å². The lowest BCUT2D eigenvalue weighted by Gasteiger charge is -2.16. The van der Waals surface area contributed by atoms with Crippen molar-refractivity contribution >= 4 is 65.4 Å². The molecule has 0 saturated heterocycles. The molecule has 0 saturated carbocycles. The molecule has 1 aromatic carbocycles. The number of alkyl halides is 1. The molecule has 1 aromatic rings. The Morgan fingerprint density at radius 1 is 1.35 bits per heavy atom. The number of carbonyl (C=O) groups excluding carboxylic acids is 2. The van der Waals surface area contributed by atoms with Crippen molar-refractivity contribution in [2.75, 3.05) is 24.4 Å². The van der Waals surface area contributed by atoms with Gasteiger partial charge in [-0.25, -0.2) is 4.79 Å². The van der Waals surface area contributed by atoms with Gasteiger partial charge in [-0.15, -0.1) is 0 Å². The Morgan fingerprint density at radius 3 is 2.50 bits per heavy atom. The maximum atomic E-state index is 11.8. The van der Waals surface area contributed by atoms with Crippen LogP contribution in [-0.4, -0.2) is 30.9 Å². The Kier molecular flexibility index (Phi) is 6.97. The largest absolute Gasteiger partial charge is 0.491 e. The van der Waals surface area contributed by atoms with Gasteiger partial charge in [-0.05, 0) is 37.9 Å². The van der Waals surface area contributed by atoms with Gasteiger partial charge in [-0.3, -0.25) is 4.79 Å². The molecule has 0 heterocycles. The fourth-order valence-electron chi connectivity index (χ4n) is 1.43. The summed E-state index contributed by atoms with van der Waals surface area (Å²) < 4.78 is 11.3. The van der Waals surface area contributed by atoms with Crippen molar-refractivity contribution in [2.45, 2.75) is 6.92 Å². The standard InChI is InChI=1S/C12H12Br3NO4/c1-6(17)16-10-8(14)5-7(12(18)19-2)11(9(10)15)20-4-3-13/h5H,3-4H2,1-2H3,(H,16,17). The number of nitrogens with one attached hydrogen (secondary N) is 1. The van der Waals surface area contributed by atoms with Crippen LogP contribution in [0.5, 0.6) is 5.75 Å². The van der Waals surface area contributed by atoms with E-state index in [0.717, 1.165) is 0 Å². The number of benzene rings is 1. The maximum Gasteiger partial charge on any atom is 0.341 e. The highest BCUT2D eigenvalue weighted by atomic mass is 79.9. The highest BCUT2D eigenvalue weighted by Crippen LogP contribution is 2.41. The minimum atomic E-state index is -0.523. The van der Waals surface area contributed by atoms with E-state index in [9.17, 15) is 9.59 Å². The van der Waals surface area contributed by atoms with Gasteiger partial charge in [0, 0.05) is 16.7 Å². The van der Waals surface area contributed by atoms with Crippen molar-refractivity contribution in [2.24, 2.45) is 0 Å². The van der Waals surface area contributed by atoms with Gasteiger partial charge in [0.1, 0.15) is 11.3 Å². The third-order valence-electron chi connectivity index (χ3n) is 2.20. The highest BCUT2D eigenvalue weighted by molar-refractivity contribution is 9.11. The van der Waals surface area contributed by atoms with E-state index in [1.165, 1.54) is 14.0 Å². The molecule has 20 heavy (non-hydrogen) atoms. The fraction of sp³-hybridized carbons (Fsp3) is 0.333. The number of halogens is 3. The molecular formula is C12H12Br3NO4. The Hall–Kier alpha value is -0.600. The predicted molar refractivity (Wildman–Crippen MR) is 86.8 cm³/mol. The van der Waals surface area contributed by atoms with Crippen LogP contribution in [0, 0.1) is 0 Å². The number of hydrogen-bond donors (Lipinski definition) is 1. The van der Waals surface area contributed by atoms with E-state index in [2.05, 4.69) is 53.1 Å². The van der Waals surface area contributed by atoms with Crippen LogP contribution >= 0.6 is 47.8 Å². The van der Waals surface area contributed by atoms with Gasteiger partial charge in [0.2, 0.25) is 5.91 Å². The SMILES string of the molecule is COC(=O)c1cc(Br)c(NC(C)=O)c(Br)c1OCCBr. The highest BCUT2D eigenvalue weighted by Gasteiger charge is 2.22. The third kappa shape index (κ3) is 4.20. The molecule has 5 nitrogen and oxygen atoms in total. The molecule has 0 atom stereocenters. The number of methoxy groups -OCH3 is 1. The zero-order chi connectivity index (χ0) is 15.3. The van der Waals surface area contributed by atoms with Crippen LogP contribution in [0.2, 0.25) is 0 Å². The number of carbonyl (C=O) groups is 2. The number of amides is 1. The first-order valence-electron chi connectivity index (χ1n) is 5.49. The second-order valence-electron chi connectivity index (χ2n) is 3.63. The van der Waals surface area contributed by atoms with E-state index in [-0.39, 0.29) is 11.5 Å². The Morgan fingerprint density at radius 2 is 2.00 bits per heavy atom. The second-order valence-corrected chi connectivity index (χ2v) is 6.07. The molecule has 1 rings (SSSR count). The first-order valence-corrected chi connectivity index (χ1v) is 8.19. The summed E-state index contributed by atoms with van der Waals surface area (Å²) in [6.07, 6.45) is 0. The lowest BCUT2D eigenvalue weighted by atomic mass is 10.1. The van der Waals surface area contributed by atoms with Gasteiger partial charge in [0.15, 0.2) is 0 Å². The monoisotopic (exact) mass is 471 g/mol. The number of esters is 1. The minimum absolute atomic E-state index is 0.233. The molecule has 0 fully saturated rings. The molecule has 1 amide bonds. The van der Waals surface area contributed by atoms with Gasteiger partial charge in [-0.1, -0.05) is 15.9 Å². The molecule has 8 heteroatoms. The zero-order valence-corrected chi connectivity index (χ0v) is 15.5. The van der Waals surface area contributed by atoms with Crippen molar-refractivity contribution in [3.8, 4) is 5.75 Å². The molecule has 0 spiro atoms. The van der Waals surface area contributed by atoms with E-state index in [1.807, 2.05) is 0 Å². The summed E-state index contributed by atoms with van der Waals surface area (Å²) in [6, 6.07) is 1.55. The summed E-state index contributed by atoms with van der Waals surface area (Å²) in [6.45, 7) is 1.76. The normalized spacial score (nSPS) is 10.1. The summed E-state index contributed by atoms with van der Waals surface area (Å²) in [5.41, 5.74) is 0.760. The van der Waals surface area contributed by atoms with E-state index < -0.39 is 5.97 Å². The average molecular weight is 474 g/mol. The van der Waals surface area contributed by atoms with Crippen LogP contribution in [0.15, 0.2) is 15.0 Å². The number of anilines is 1. The van der Waals surface area contributed by atoms with Crippen molar-refractivity contribution in [1.82, 2.24) is 0 Å². The number of rotatable bonds is 5. The van der Waals surface area contributed by atoms with Crippen molar-refractivity contribution in [3.63, 3.8) is 0 Å². The summed E-state index contributed by atoms with van der Waals surface area (Å²) in [4.78, 5) is 23.0. The molecular weight excluding hydrogens is 462 g/mol. The Balaban J connectivity index is 3.39. The van der Waals surface area contributed by atoms with Crippen LogP contribution in [-0.2, 0) is 9.53 Å². The van der Waals surface area contributed by atoms with E-state index in [1.54, 1.807) is 6.07 Å². The van der Waals surface area contributed by atoms with Gasteiger partial charge >= 0.3 is 5.97 Å². The maximum absolute atomic E-state index is 11.8. The molecule has 0 aromatic heterocycles. The molecule has 0 aliphatic carbocycles. The van der Waals surface area contributed by atoms with E-state index in [0.29, 0.717) is 32.3 Å². The molecule has 110 valence electrons. The van der Waals surface area contributed by atoms with Gasteiger partial charge < -0.3 is 14.8 Å². The van der Waals surface area contributed by atoms with Gasteiger partial charge in [0.25, 0.3) is 0 Å². The summed E-state index contributed by atoms with van der Waals surface area (Å²) in [5, 5.41) is 3.27. The zero-order valence-electron chi connectivity index (χ0n) is 10.8. The van der Waals surface area contributed by atoms with E-state index >= 15 is 0 Å². The van der Waals surface area contributed by atoms with Gasteiger partial charge in [-0.2, -0.15) is 0 Å². The number of hydrogen-bond acceptors (Lipinski definition) is 4. The second kappa shape index (κ2) is 7.99. The lowest BCUT2D eigenvalue weighted by molar-refractivity contribution is -0.114. The summed E-state index contributed by atoms with van der Waals surface area (Å²) in [7, 11) is 1.29. The van der Waals surface area contributed by atoms with Crippen LogP contribution in [0.4, 0.5) is 5.69 Å². The quantitative estimate of drug-likeness (QED) is 0.523. The topological polar surface area (TPSA) is 64.6 Å². The molecule has 0 aliphatic rings. The van der Waals surface area contributed by atoms with Crippen molar-refractivity contribution < 1.29 is 19.1 Å². The summed E-state index contributed by atoms with van der Waals surface area (Å²) >= 11 is 9.90. The average Bonchev–Trinajstić information content (AvgIpc) is 2.40. The number of ether oxygens (including phenoxy) is 2. The molecule has 1 N–H and O–H groups in total. The molecule has 0 aliphatic heterocycles. The van der Waals surface area contributed by atoms with Crippen molar-refractivity contribution in [1.29, 1.82) is 0 Å². The first-order chi connectivity index (χ1) is 9.42. The first kappa shape index (κ1) is 17.5. The molecule has 0 bridgehead atoms. The molecule has 0 radical (unpaired) electrons. The minimum Gasteiger partial charge on any atom is -0.491 e. The smallest absolute Gasteiger partial charge is 0.341 e. The van der Waals surface area contributed by atoms with Crippen molar-refractivity contribution in [3.05, 3.63) is 20.6 Å². The van der Waals surface area contributed by atoms with Crippen LogP contribution in [0.25, 0.3) is 0 Å². The van der Waals surface area contributed by atoms with Crippen LogP contribution in [0.1, 0.15) is 17.3 Å². The van der Waals surface area contributed by atoms with E-state index in [4.69, 9.17) is 9.47 Å². The van der Waals surface area contributed by atoms with Crippen LogP contribution in [0.3, 0.4) is 0 Å². The third-order valence-corrected chi connectivity index (χ3v) is 3.91. The summed E-state index contributed by atoms with van der Waals surface area (Å²) in [5.74, 6) is -0.433. The lowest BCUT2D eigenvalue weighted by Crippen LogP contribution is -2.12. The Labute approximate surface area is 141 Å².